The van der Waals surface area contributed by atoms with Crippen LogP contribution in [0.15, 0.2) is 48.5 Å². The average molecular weight is 526 g/mol. The second kappa shape index (κ2) is 10.8. The van der Waals surface area contributed by atoms with Gasteiger partial charge >= 0.3 is 6.09 Å². The first-order valence-corrected chi connectivity index (χ1v) is 11.6. The molecule has 1 aliphatic carbocycles. The van der Waals surface area contributed by atoms with Crippen LogP contribution >= 0.6 is 11.6 Å². The van der Waals surface area contributed by atoms with Gasteiger partial charge in [0.1, 0.15) is 24.2 Å². The lowest BCUT2D eigenvalue weighted by molar-refractivity contribution is -0.131. The SMILES string of the molecule is CC(C)(C)OC(=O)N(CC=O)N(c1cccc(F)c1)C(C(=O)NC1CC(F)(F)C1)c1ccccc1Cl. The molecular weight excluding hydrogens is 499 g/mol. The topological polar surface area (TPSA) is 79.0 Å². The monoisotopic (exact) mass is 525 g/mol. The van der Waals surface area contributed by atoms with E-state index in [1.54, 1.807) is 32.9 Å². The van der Waals surface area contributed by atoms with Gasteiger partial charge in [-0.2, -0.15) is 0 Å². The van der Waals surface area contributed by atoms with E-state index in [9.17, 15) is 27.6 Å². The highest BCUT2D eigenvalue weighted by Crippen LogP contribution is 2.39. The molecule has 0 aliphatic heterocycles. The van der Waals surface area contributed by atoms with Gasteiger partial charge in [-0.3, -0.25) is 9.80 Å². The maximum atomic E-state index is 14.3. The molecule has 194 valence electrons. The minimum atomic E-state index is -2.89. The minimum absolute atomic E-state index is 0.0294. The van der Waals surface area contributed by atoms with E-state index in [-0.39, 0.29) is 16.3 Å². The summed E-state index contributed by atoms with van der Waals surface area (Å²) in [4.78, 5) is 38.4. The van der Waals surface area contributed by atoms with Crippen LogP contribution in [0, 0.1) is 5.82 Å². The summed E-state index contributed by atoms with van der Waals surface area (Å²) in [6.45, 7) is 4.30. The quantitative estimate of drug-likeness (QED) is 0.374. The highest BCUT2D eigenvalue weighted by molar-refractivity contribution is 6.31. The highest BCUT2D eigenvalue weighted by Gasteiger charge is 2.47. The Bertz CT molecular complexity index is 1120. The molecular formula is C25H27ClF3N3O4. The molecule has 0 heterocycles. The van der Waals surface area contributed by atoms with E-state index < -0.39 is 60.8 Å². The minimum Gasteiger partial charge on any atom is -0.442 e. The molecule has 7 nitrogen and oxygen atoms in total. The summed E-state index contributed by atoms with van der Waals surface area (Å²) >= 11 is 6.42. The molecule has 3 rings (SSSR count). The molecule has 2 amide bonds. The number of ether oxygens (including phenoxy) is 1. The van der Waals surface area contributed by atoms with Gasteiger partial charge in [-0.15, -0.1) is 0 Å². The number of hydrazine groups is 1. The summed E-state index contributed by atoms with van der Waals surface area (Å²) in [5.74, 6) is -4.34. The van der Waals surface area contributed by atoms with Crippen LogP contribution in [0.2, 0.25) is 5.02 Å². The first-order chi connectivity index (χ1) is 16.8. The Morgan fingerprint density at radius 1 is 1.19 bits per heavy atom. The van der Waals surface area contributed by atoms with Crippen LogP contribution < -0.4 is 10.3 Å². The third-order valence-corrected chi connectivity index (χ3v) is 5.66. The average Bonchev–Trinajstić information content (AvgIpc) is 2.74. The van der Waals surface area contributed by atoms with Gasteiger partial charge in [0.2, 0.25) is 5.91 Å². The van der Waals surface area contributed by atoms with Gasteiger partial charge in [0.25, 0.3) is 5.92 Å². The molecule has 0 saturated heterocycles. The third-order valence-electron chi connectivity index (χ3n) is 5.31. The number of alkyl halides is 2. The number of carbonyl (C=O) groups excluding carboxylic acids is 3. The number of aldehydes is 1. The van der Waals surface area contributed by atoms with Crippen LogP contribution in [0.25, 0.3) is 0 Å². The first-order valence-electron chi connectivity index (χ1n) is 11.2. The van der Waals surface area contributed by atoms with Crippen molar-refractivity contribution >= 4 is 35.6 Å². The van der Waals surface area contributed by atoms with Crippen LogP contribution in [0.1, 0.15) is 45.2 Å². The van der Waals surface area contributed by atoms with Crippen molar-refractivity contribution in [1.82, 2.24) is 10.3 Å². The zero-order valence-electron chi connectivity index (χ0n) is 20.0. The van der Waals surface area contributed by atoms with E-state index in [2.05, 4.69) is 5.32 Å². The fraction of sp³-hybridized carbons (Fsp3) is 0.400. The van der Waals surface area contributed by atoms with Crippen LogP contribution in [-0.2, 0) is 14.3 Å². The second-order valence-electron chi connectivity index (χ2n) is 9.45. The van der Waals surface area contributed by atoms with Gasteiger partial charge in [-0.05, 0) is 45.0 Å². The Kier molecular flexibility index (Phi) is 8.18. The van der Waals surface area contributed by atoms with E-state index in [1.807, 2.05) is 0 Å². The number of anilines is 1. The summed E-state index contributed by atoms with van der Waals surface area (Å²) in [5, 5.41) is 4.65. The largest absolute Gasteiger partial charge is 0.442 e. The fourth-order valence-electron chi connectivity index (χ4n) is 3.81. The normalized spacial score (nSPS) is 15.9. The standard InChI is InChI=1S/C25H27ClF3N3O4/c1-24(2,3)36-23(35)31(11-12-33)32(18-8-6-7-16(27)13-18)21(19-9-4-5-10-20(19)26)22(34)30-17-14-25(28,29)15-17/h4-10,12-13,17,21H,11,14-15H2,1-3H3,(H,30,34). The maximum absolute atomic E-state index is 14.3. The Morgan fingerprint density at radius 3 is 2.42 bits per heavy atom. The lowest BCUT2D eigenvalue weighted by atomic mass is 9.88. The van der Waals surface area contributed by atoms with Crippen LogP contribution in [0.5, 0.6) is 0 Å². The molecule has 1 N–H and O–H groups in total. The number of rotatable bonds is 8. The van der Waals surface area contributed by atoms with E-state index in [0.717, 1.165) is 16.1 Å². The van der Waals surface area contributed by atoms with Gasteiger partial charge in [-0.1, -0.05) is 35.9 Å². The van der Waals surface area contributed by atoms with Gasteiger partial charge in [0, 0.05) is 29.5 Å². The number of carbonyl (C=O) groups is 3. The number of halogens is 4. The number of hydrogen-bond donors (Lipinski definition) is 1. The lowest BCUT2D eigenvalue weighted by Gasteiger charge is -2.42. The number of nitrogens with zero attached hydrogens (tertiary/aromatic N) is 2. The second-order valence-corrected chi connectivity index (χ2v) is 9.85. The number of nitrogens with one attached hydrogen (secondary N) is 1. The zero-order valence-corrected chi connectivity index (χ0v) is 20.8. The van der Waals surface area contributed by atoms with Gasteiger partial charge in [0.05, 0.1) is 5.69 Å². The van der Waals surface area contributed by atoms with Gasteiger partial charge in [-0.25, -0.2) is 23.0 Å². The molecule has 1 atom stereocenters. The lowest BCUT2D eigenvalue weighted by Crippen LogP contribution is -2.57. The number of amides is 2. The zero-order chi connectivity index (χ0) is 26.7. The molecule has 1 fully saturated rings. The van der Waals surface area contributed by atoms with Crippen LogP contribution in [0.4, 0.5) is 23.7 Å². The molecule has 2 aromatic rings. The number of hydrogen-bond acceptors (Lipinski definition) is 5. The fourth-order valence-corrected chi connectivity index (χ4v) is 4.05. The van der Waals surface area contributed by atoms with Crippen molar-refractivity contribution < 1.29 is 32.3 Å². The summed E-state index contributed by atoms with van der Waals surface area (Å²) in [5.41, 5.74) is -0.737. The van der Waals surface area contributed by atoms with E-state index >= 15 is 0 Å². The van der Waals surface area contributed by atoms with Crippen molar-refractivity contribution in [3.8, 4) is 0 Å². The smallest absolute Gasteiger partial charge is 0.429 e. The van der Waals surface area contributed by atoms with Crippen molar-refractivity contribution in [3.05, 3.63) is 64.9 Å². The Balaban J connectivity index is 2.15. The van der Waals surface area contributed by atoms with Gasteiger partial charge < -0.3 is 14.8 Å². The van der Waals surface area contributed by atoms with Crippen LogP contribution in [0.3, 0.4) is 0 Å². The molecule has 1 saturated carbocycles. The highest BCUT2D eigenvalue weighted by atomic mass is 35.5. The Morgan fingerprint density at radius 2 is 1.86 bits per heavy atom. The molecule has 2 aromatic carbocycles. The molecule has 0 spiro atoms. The van der Waals surface area contributed by atoms with E-state index in [0.29, 0.717) is 6.29 Å². The predicted octanol–water partition coefficient (Wildman–Crippen LogP) is 5.29. The number of benzene rings is 2. The summed E-state index contributed by atoms with van der Waals surface area (Å²) in [7, 11) is 0. The van der Waals surface area contributed by atoms with Crippen molar-refractivity contribution in [2.45, 2.75) is 57.2 Å². The molecule has 0 bridgehead atoms. The predicted molar refractivity (Wildman–Crippen MR) is 128 cm³/mol. The van der Waals surface area contributed by atoms with Crippen molar-refractivity contribution in [2.24, 2.45) is 0 Å². The van der Waals surface area contributed by atoms with Crippen molar-refractivity contribution in [1.29, 1.82) is 0 Å². The van der Waals surface area contributed by atoms with Crippen molar-refractivity contribution in [3.63, 3.8) is 0 Å². The van der Waals surface area contributed by atoms with Crippen LogP contribution in [-0.4, -0.2) is 47.4 Å². The first kappa shape index (κ1) is 27.3. The Labute approximate surface area is 212 Å². The summed E-state index contributed by atoms with van der Waals surface area (Å²) in [6.07, 6.45) is -1.65. The Hall–Kier alpha value is -3.27. The van der Waals surface area contributed by atoms with E-state index in [4.69, 9.17) is 16.3 Å². The molecule has 1 unspecified atom stereocenters. The summed E-state index contributed by atoms with van der Waals surface area (Å²) in [6, 6.07) is 9.02. The molecule has 0 radical (unpaired) electrons. The third kappa shape index (κ3) is 6.69. The summed E-state index contributed by atoms with van der Waals surface area (Å²) < 4.78 is 46.7. The van der Waals surface area contributed by atoms with Crippen molar-refractivity contribution in [2.75, 3.05) is 11.6 Å². The molecule has 36 heavy (non-hydrogen) atoms. The maximum Gasteiger partial charge on any atom is 0.429 e. The van der Waals surface area contributed by atoms with Gasteiger partial charge in [0.15, 0.2) is 6.04 Å². The molecule has 11 heteroatoms. The molecule has 0 aromatic heterocycles. The van der Waals surface area contributed by atoms with E-state index in [1.165, 1.54) is 30.3 Å². The molecule has 1 aliphatic rings.